The van der Waals surface area contributed by atoms with Gasteiger partial charge in [-0.15, -0.1) is 0 Å². The van der Waals surface area contributed by atoms with E-state index in [1.807, 2.05) is 0 Å². The van der Waals surface area contributed by atoms with Gasteiger partial charge < -0.3 is 0 Å². The SMILES string of the molecule is O=C(Nc1nc(-c2c(F)ccc(F)c2F)ns1)c1cccnc1C(F)F. The quantitative estimate of drug-likeness (QED) is 0.539. The largest absolute Gasteiger partial charge is 0.297 e. The summed E-state index contributed by atoms with van der Waals surface area (Å²) in [5, 5.41) is 1.98. The summed E-state index contributed by atoms with van der Waals surface area (Å²) < 4.78 is 70.2. The Hall–Kier alpha value is -2.95. The number of carbonyl (C=O) groups is 1. The van der Waals surface area contributed by atoms with E-state index in [4.69, 9.17) is 0 Å². The number of aromatic nitrogens is 3. The molecule has 0 aliphatic heterocycles. The van der Waals surface area contributed by atoms with Crippen molar-refractivity contribution in [2.45, 2.75) is 6.43 Å². The third-order valence-electron chi connectivity index (χ3n) is 3.20. The average molecular weight is 386 g/mol. The van der Waals surface area contributed by atoms with Crippen molar-refractivity contribution in [3.63, 3.8) is 0 Å². The number of pyridine rings is 1. The van der Waals surface area contributed by atoms with Gasteiger partial charge in [0.05, 0.1) is 11.1 Å². The van der Waals surface area contributed by atoms with Gasteiger partial charge in [0.15, 0.2) is 17.5 Å². The molecular formula is C15H7F5N4OS. The summed E-state index contributed by atoms with van der Waals surface area (Å²) in [6.07, 6.45) is -1.87. The number of benzene rings is 1. The highest BCUT2D eigenvalue weighted by atomic mass is 32.1. The van der Waals surface area contributed by atoms with Crippen LogP contribution < -0.4 is 5.32 Å². The minimum Gasteiger partial charge on any atom is -0.297 e. The van der Waals surface area contributed by atoms with E-state index in [-0.39, 0.29) is 10.7 Å². The molecule has 3 rings (SSSR count). The van der Waals surface area contributed by atoms with Gasteiger partial charge in [0.25, 0.3) is 12.3 Å². The molecule has 1 amide bonds. The van der Waals surface area contributed by atoms with Crippen LogP contribution in [0.4, 0.5) is 27.1 Å². The zero-order valence-corrected chi connectivity index (χ0v) is 13.3. The molecule has 0 aliphatic rings. The Morgan fingerprint density at radius 1 is 1.12 bits per heavy atom. The maximum absolute atomic E-state index is 13.8. The molecule has 0 radical (unpaired) electrons. The maximum Gasteiger partial charge on any atom is 0.281 e. The summed E-state index contributed by atoms with van der Waals surface area (Å²) in [6.45, 7) is 0. The standard InChI is InChI=1S/C15H7F5N4OS/c16-7-3-4-8(17)10(18)9(7)13-22-15(26-24-13)23-14(25)6-2-1-5-21-11(6)12(19)20/h1-5,12H,(H,22,23,24,25). The highest BCUT2D eigenvalue weighted by molar-refractivity contribution is 7.10. The second-order valence-electron chi connectivity index (χ2n) is 4.83. The number of carbonyl (C=O) groups excluding carboxylic acids is 1. The smallest absolute Gasteiger partial charge is 0.281 e. The molecule has 0 fully saturated rings. The summed E-state index contributed by atoms with van der Waals surface area (Å²) in [5.41, 5.74) is -1.91. The number of anilines is 1. The predicted molar refractivity (Wildman–Crippen MR) is 82.4 cm³/mol. The number of nitrogens with zero attached hydrogens (tertiary/aromatic N) is 3. The van der Waals surface area contributed by atoms with Crippen LogP contribution >= 0.6 is 11.5 Å². The summed E-state index contributed by atoms with van der Waals surface area (Å²) in [4.78, 5) is 19.3. The Morgan fingerprint density at radius 2 is 1.85 bits per heavy atom. The van der Waals surface area contributed by atoms with E-state index in [0.29, 0.717) is 23.7 Å². The Bertz CT molecular complexity index is 978. The topological polar surface area (TPSA) is 67.8 Å². The third-order valence-corrected chi connectivity index (χ3v) is 3.83. The number of nitrogens with one attached hydrogen (secondary N) is 1. The van der Waals surface area contributed by atoms with Crippen molar-refractivity contribution in [2.75, 3.05) is 5.32 Å². The maximum atomic E-state index is 13.8. The Morgan fingerprint density at radius 3 is 2.58 bits per heavy atom. The average Bonchev–Trinajstić information content (AvgIpc) is 3.06. The highest BCUT2D eigenvalue weighted by Gasteiger charge is 2.23. The van der Waals surface area contributed by atoms with Crippen LogP contribution in [-0.2, 0) is 0 Å². The lowest BCUT2D eigenvalue weighted by Gasteiger charge is -2.06. The first-order valence-corrected chi connectivity index (χ1v) is 7.67. The molecule has 134 valence electrons. The first-order chi connectivity index (χ1) is 12.4. The van der Waals surface area contributed by atoms with Gasteiger partial charge in [0, 0.05) is 17.7 Å². The fourth-order valence-electron chi connectivity index (χ4n) is 2.06. The van der Waals surface area contributed by atoms with E-state index < -0.39 is 46.9 Å². The summed E-state index contributed by atoms with van der Waals surface area (Å²) in [7, 11) is 0. The van der Waals surface area contributed by atoms with Crippen molar-refractivity contribution in [1.82, 2.24) is 14.3 Å². The number of hydrogen-bond donors (Lipinski definition) is 1. The van der Waals surface area contributed by atoms with Crippen LogP contribution in [0.5, 0.6) is 0 Å². The van der Waals surface area contributed by atoms with Crippen molar-refractivity contribution < 1.29 is 26.7 Å². The van der Waals surface area contributed by atoms with Crippen molar-refractivity contribution in [3.05, 3.63) is 59.2 Å². The molecule has 2 heterocycles. The second-order valence-corrected chi connectivity index (χ2v) is 5.58. The number of alkyl halides is 2. The van der Waals surface area contributed by atoms with Gasteiger partial charge >= 0.3 is 0 Å². The van der Waals surface area contributed by atoms with Crippen LogP contribution in [0.2, 0.25) is 0 Å². The van der Waals surface area contributed by atoms with Crippen molar-refractivity contribution >= 4 is 22.6 Å². The number of hydrogen-bond acceptors (Lipinski definition) is 5. The van der Waals surface area contributed by atoms with Gasteiger partial charge in [0.2, 0.25) is 5.13 Å². The minimum absolute atomic E-state index is 0.211. The molecular weight excluding hydrogens is 379 g/mol. The molecule has 0 saturated heterocycles. The molecule has 1 aromatic carbocycles. The van der Waals surface area contributed by atoms with E-state index in [1.165, 1.54) is 6.07 Å². The van der Waals surface area contributed by atoms with E-state index in [1.54, 1.807) is 0 Å². The van der Waals surface area contributed by atoms with Crippen LogP contribution in [0.3, 0.4) is 0 Å². The molecule has 1 N–H and O–H groups in total. The third kappa shape index (κ3) is 3.38. The Labute approximate surface area is 146 Å². The fourth-order valence-corrected chi connectivity index (χ4v) is 2.63. The lowest BCUT2D eigenvalue weighted by molar-refractivity contribution is 0.100. The normalized spacial score (nSPS) is 11.0. The van der Waals surface area contributed by atoms with Crippen molar-refractivity contribution in [2.24, 2.45) is 0 Å². The molecule has 11 heteroatoms. The van der Waals surface area contributed by atoms with Crippen molar-refractivity contribution in [3.8, 4) is 11.4 Å². The lowest BCUT2D eigenvalue weighted by atomic mass is 10.2. The Kier molecular flexibility index (Phi) is 4.89. The minimum atomic E-state index is -2.97. The zero-order valence-electron chi connectivity index (χ0n) is 12.5. The van der Waals surface area contributed by atoms with Gasteiger partial charge in [-0.3, -0.25) is 15.1 Å². The summed E-state index contributed by atoms with van der Waals surface area (Å²) in [5.74, 6) is -5.30. The zero-order chi connectivity index (χ0) is 18.8. The molecule has 0 saturated carbocycles. The van der Waals surface area contributed by atoms with Gasteiger partial charge in [-0.05, 0) is 24.3 Å². The van der Waals surface area contributed by atoms with Crippen LogP contribution in [-0.4, -0.2) is 20.2 Å². The van der Waals surface area contributed by atoms with Gasteiger partial charge in [-0.1, -0.05) is 0 Å². The van der Waals surface area contributed by atoms with Gasteiger partial charge in [-0.25, -0.2) is 22.0 Å². The van der Waals surface area contributed by atoms with E-state index in [2.05, 4.69) is 19.7 Å². The lowest BCUT2D eigenvalue weighted by Crippen LogP contribution is -2.15. The number of halogens is 5. The number of amides is 1. The predicted octanol–water partition coefficient (Wildman–Crippen LogP) is 4.21. The fraction of sp³-hybridized carbons (Fsp3) is 0.0667. The Balaban J connectivity index is 1.89. The van der Waals surface area contributed by atoms with E-state index >= 15 is 0 Å². The molecule has 2 aromatic heterocycles. The molecule has 5 nitrogen and oxygen atoms in total. The van der Waals surface area contributed by atoms with E-state index in [9.17, 15) is 26.7 Å². The molecule has 0 unspecified atom stereocenters. The first-order valence-electron chi connectivity index (χ1n) is 6.90. The molecule has 0 bridgehead atoms. The van der Waals surface area contributed by atoms with Gasteiger partial charge in [0.1, 0.15) is 11.5 Å². The highest BCUT2D eigenvalue weighted by Crippen LogP contribution is 2.28. The molecule has 0 atom stereocenters. The van der Waals surface area contributed by atoms with Crippen LogP contribution in [0.1, 0.15) is 22.5 Å². The molecule has 0 spiro atoms. The molecule has 0 aliphatic carbocycles. The monoisotopic (exact) mass is 386 g/mol. The van der Waals surface area contributed by atoms with Crippen LogP contribution in [0, 0.1) is 17.5 Å². The first kappa shape index (κ1) is 17.9. The summed E-state index contributed by atoms with van der Waals surface area (Å²) >= 11 is 0.548. The second kappa shape index (κ2) is 7.12. The summed E-state index contributed by atoms with van der Waals surface area (Å²) in [6, 6.07) is 3.75. The van der Waals surface area contributed by atoms with Crippen LogP contribution in [0.15, 0.2) is 30.5 Å². The van der Waals surface area contributed by atoms with Crippen molar-refractivity contribution in [1.29, 1.82) is 0 Å². The molecule has 26 heavy (non-hydrogen) atoms. The van der Waals surface area contributed by atoms with E-state index in [0.717, 1.165) is 12.3 Å². The van der Waals surface area contributed by atoms with Gasteiger partial charge in [-0.2, -0.15) is 9.36 Å². The molecule has 3 aromatic rings. The number of rotatable bonds is 4. The van der Waals surface area contributed by atoms with Crippen LogP contribution in [0.25, 0.3) is 11.4 Å².